The summed E-state index contributed by atoms with van der Waals surface area (Å²) in [7, 11) is 1.67. The lowest BCUT2D eigenvalue weighted by atomic mass is 10.1. The Morgan fingerprint density at radius 1 is 1.00 bits per heavy atom. The third kappa shape index (κ3) is 5.01. The van der Waals surface area contributed by atoms with Gasteiger partial charge in [-0.25, -0.2) is 4.98 Å². The van der Waals surface area contributed by atoms with Crippen LogP contribution in [0, 0.1) is 0 Å². The van der Waals surface area contributed by atoms with Gasteiger partial charge in [-0.3, -0.25) is 0 Å². The van der Waals surface area contributed by atoms with Crippen molar-refractivity contribution in [1.29, 1.82) is 0 Å². The second-order valence-electron chi connectivity index (χ2n) is 5.38. The average Bonchev–Trinajstić information content (AvgIpc) is 2.64. The number of aromatic nitrogens is 2. The van der Waals surface area contributed by atoms with E-state index in [-0.39, 0.29) is 0 Å². The molecule has 2 aromatic carbocycles. The molecule has 2 N–H and O–H groups in total. The van der Waals surface area contributed by atoms with Gasteiger partial charge in [0.1, 0.15) is 5.82 Å². The molecule has 25 heavy (non-hydrogen) atoms. The summed E-state index contributed by atoms with van der Waals surface area (Å²) in [6.07, 6.45) is 0. The highest BCUT2D eigenvalue weighted by Crippen LogP contribution is 2.24. The van der Waals surface area contributed by atoms with Crippen LogP contribution in [0.3, 0.4) is 0 Å². The first-order valence-electron chi connectivity index (χ1n) is 7.94. The van der Waals surface area contributed by atoms with Gasteiger partial charge in [0.05, 0.1) is 12.3 Å². The fourth-order valence-electron chi connectivity index (χ4n) is 2.29. The zero-order valence-corrected chi connectivity index (χ0v) is 15.5. The fraction of sp³-hybridized carbons (Fsp3) is 0.158. The molecule has 0 radical (unpaired) electrons. The van der Waals surface area contributed by atoms with Crippen molar-refractivity contribution in [2.75, 3.05) is 30.9 Å². The molecule has 1 heterocycles. The molecule has 0 saturated heterocycles. The molecule has 6 heteroatoms. The van der Waals surface area contributed by atoms with Crippen LogP contribution in [0.25, 0.3) is 11.3 Å². The fourth-order valence-corrected chi connectivity index (χ4v) is 2.56. The van der Waals surface area contributed by atoms with Crippen molar-refractivity contribution in [2.24, 2.45) is 0 Å². The average molecular weight is 399 g/mol. The van der Waals surface area contributed by atoms with Gasteiger partial charge in [-0.1, -0.05) is 46.3 Å². The SMILES string of the molecule is COCCNc1nc(Nc2ccc(Br)cc2)cc(-c2ccccc2)n1. The zero-order valence-electron chi connectivity index (χ0n) is 13.9. The topological polar surface area (TPSA) is 59.1 Å². The monoisotopic (exact) mass is 398 g/mol. The number of anilines is 3. The molecule has 0 fully saturated rings. The van der Waals surface area contributed by atoms with E-state index in [1.165, 1.54) is 0 Å². The standard InChI is InChI=1S/C19H19BrN4O/c1-25-12-11-21-19-23-17(14-5-3-2-4-6-14)13-18(24-19)22-16-9-7-15(20)8-10-16/h2-10,13H,11-12H2,1H3,(H2,21,22,23,24). The lowest BCUT2D eigenvalue weighted by Gasteiger charge is -2.11. The Morgan fingerprint density at radius 3 is 2.48 bits per heavy atom. The number of hydrogen-bond donors (Lipinski definition) is 2. The number of methoxy groups -OCH3 is 1. The third-order valence-corrected chi connectivity index (χ3v) is 4.03. The molecule has 0 saturated carbocycles. The van der Waals surface area contributed by atoms with Crippen LogP contribution in [0.1, 0.15) is 0 Å². The van der Waals surface area contributed by atoms with E-state index < -0.39 is 0 Å². The quantitative estimate of drug-likeness (QED) is 0.564. The van der Waals surface area contributed by atoms with Crippen molar-refractivity contribution in [3.63, 3.8) is 0 Å². The number of nitrogens with zero attached hydrogens (tertiary/aromatic N) is 2. The van der Waals surface area contributed by atoms with Crippen molar-refractivity contribution in [1.82, 2.24) is 9.97 Å². The second kappa shape index (κ2) is 8.60. The van der Waals surface area contributed by atoms with E-state index in [9.17, 15) is 0 Å². The Morgan fingerprint density at radius 2 is 1.76 bits per heavy atom. The maximum atomic E-state index is 5.08. The Bertz CT molecular complexity index is 809. The molecule has 128 valence electrons. The summed E-state index contributed by atoms with van der Waals surface area (Å²) in [6.45, 7) is 1.24. The highest BCUT2D eigenvalue weighted by Gasteiger charge is 2.07. The van der Waals surface area contributed by atoms with Gasteiger partial charge >= 0.3 is 0 Å². The van der Waals surface area contributed by atoms with Crippen molar-refractivity contribution >= 4 is 33.4 Å². The molecule has 0 atom stereocenters. The zero-order chi connectivity index (χ0) is 17.5. The minimum Gasteiger partial charge on any atom is -0.383 e. The number of ether oxygens (including phenoxy) is 1. The number of nitrogens with one attached hydrogen (secondary N) is 2. The van der Waals surface area contributed by atoms with Crippen LogP contribution in [0.15, 0.2) is 65.1 Å². The Balaban J connectivity index is 1.89. The Labute approximate surface area is 155 Å². The molecular weight excluding hydrogens is 380 g/mol. The van der Waals surface area contributed by atoms with Gasteiger partial charge in [-0.2, -0.15) is 4.98 Å². The Kier molecular flexibility index (Phi) is 5.98. The van der Waals surface area contributed by atoms with E-state index in [2.05, 4.69) is 36.5 Å². The molecular formula is C19H19BrN4O. The smallest absolute Gasteiger partial charge is 0.225 e. The highest BCUT2D eigenvalue weighted by molar-refractivity contribution is 9.10. The van der Waals surface area contributed by atoms with Gasteiger partial charge in [0.15, 0.2) is 0 Å². The summed E-state index contributed by atoms with van der Waals surface area (Å²) in [5, 5.41) is 6.53. The molecule has 0 bridgehead atoms. The van der Waals surface area contributed by atoms with E-state index in [0.717, 1.165) is 27.2 Å². The van der Waals surface area contributed by atoms with Gasteiger partial charge in [0, 0.05) is 35.4 Å². The molecule has 0 aliphatic heterocycles. The van der Waals surface area contributed by atoms with E-state index >= 15 is 0 Å². The highest BCUT2D eigenvalue weighted by atomic mass is 79.9. The summed E-state index contributed by atoms with van der Waals surface area (Å²) in [5.41, 5.74) is 2.86. The summed E-state index contributed by atoms with van der Waals surface area (Å²) in [6, 6.07) is 19.9. The van der Waals surface area contributed by atoms with E-state index in [0.29, 0.717) is 19.1 Å². The number of halogens is 1. The van der Waals surface area contributed by atoms with Gasteiger partial charge in [-0.15, -0.1) is 0 Å². The number of benzene rings is 2. The summed E-state index contributed by atoms with van der Waals surface area (Å²) in [4.78, 5) is 9.15. The minimum absolute atomic E-state index is 0.568. The molecule has 5 nitrogen and oxygen atoms in total. The maximum absolute atomic E-state index is 5.08. The van der Waals surface area contributed by atoms with E-state index in [1.54, 1.807) is 7.11 Å². The van der Waals surface area contributed by atoms with Gasteiger partial charge in [0.25, 0.3) is 0 Å². The molecule has 3 aromatic rings. The van der Waals surface area contributed by atoms with Crippen LogP contribution in [0.4, 0.5) is 17.5 Å². The Hall–Kier alpha value is -2.44. The molecule has 0 aliphatic carbocycles. The molecule has 1 aromatic heterocycles. The van der Waals surface area contributed by atoms with Crippen LogP contribution >= 0.6 is 15.9 Å². The van der Waals surface area contributed by atoms with Gasteiger partial charge in [-0.05, 0) is 24.3 Å². The summed E-state index contributed by atoms with van der Waals surface area (Å²) < 4.78 is 6.11. The first-order chi connectivity index (χ1) is 12.2. The van der Waals surface area contributed by atoms with Crippen LogP contribution in [0.5, 0.6) is 0 Å². The van der Waals surface area contributed by atoms with Crippen LogP contribution < -0.4 is 10.6 Å². The van der Waals surface area contributed by atoms with Crippen LogP contribution in [-0.2, 0) is 4.74 Å². The van der Waals surface area contributed by atoms with Crippen LogP contribution in [-0.4, -0.2) is 30.2 Å². The first kappa shape index (κ1) is 17.4. The lowest BCUT2D eigenvalue weighted by Crippen LogP contribution is -2.11. The van der Waals surface area contributed by atoms with Crippen molar-refractivity contribution in [3.05, 3.63) is 65.1 Å². The summed E-state index contributed by atoms with van der Waals surface area (Å²) in [5.74, 6) is 1.30. The minimum atomic E-state index is 0.568. The molecule has 0 unspecified atom stereocenters. The largest absolute Gasteiger partial charge is 0.383 e. The van der Waals surface area contributed by atoms with E-state index in [1.807, 2.05) is 60.7 Å². The first-order valence-corrected chi connectivity index (χ1v) is 8.74. The lowest BCUT2D eigenvalue weighted by molar-refractivity contribution is 0.210. The van der Waals surface area contributed by atoms with Crippen molar-refractivity contribution in [2.45, 2.75) is 0 Å². The maximum Gasteiger partial charge on any atom is 0.225 e. The number of rotatable bonds is 7. The number of hydrogen-bond acceptors (Lipinski definition) is 5. The predicted molar refractivity (Wildman–Crippen MR) is 105 cm³/mol. The normalized spacial score (nSPS) is 10.5. The predicted octanol–water partition coefficient (Wildman–Crippen LogP) is 4.71. The van der Waals surface area contributed by atoms with E-state index in [4.69, 9.17) is 4.74 Å². The van der Waals surface area contributed by atoms with Crippen molar-refractivity contribution in [3.8, 4) is 11.3 Å². The molecule has 3 rings (SSSR count). The second-order valence-corrected chi connectivity index (χ2v) is 6.30. The third-order valence-electron chi connectivity index (χ3n) is 3.50. The summed E-state index contributed by atoms with van der Waals surface area (Å²) >= 11 is 3.44. The van der Waals surface area contributed by atoms with Gasteiger partial charge in [0.2, 0.25) is 5.95 Å². The molecule has 0 amide bonds. The van der Waals surface area contributed by atoms with Crippen LogP contribution in [0.2, 0.25) is 0 Å². The molecule has 0 spiro atoms. The molecule has 0 aliphatic rings. The van der Waals surface area contributed by atoms with Gasteiger partial charge < -0.3 is 15.4 Å². The van der Waals surface area contributed by atoms with Crippen molar-refractivity contribution < 1.29 is 4.74 Å².